The highest BCUT2D eigenvalue weighted by molar-refractivity contribution is 5.90. The van der Waals surface area contributed by atoms with Crippen LogP contribution in [0.4, 0.5) is 24.7 Å². The number of fused-ring (bicyclic) bond motifs is 1. The molecular formula is C19H17F3N4O. The Hall–Kier alpha value is -3.03. The van der Waals surface area contributed by atoms with Crippen molar-refractivity contribution < 1.29 is 18.0 Å². The van der Waals surface area contributed by atoms with Crippen LogP contribution in [-0.2, 0) is 4.79 Å². The Labute approximate surface area is 154 Å². The van der Waals surface area contributed by atoms with Crippen molar-refractivity contribution in [1.82, 2.24) is 9.88 Å². The van der Waals surface area contributed by atoms with Crippen LogP contribution in [0.3, 0.4) is 0 Å². The van der Waals surface area contributed by atoms with Gasteiger partial charge in [-0.3, -0.25) is 4.79 Å². The molecule has 1 aromatic carbocycles. The molecule has 0 unspecified atom stereocenters. The highest BCUT2D eigenvalue weighted by Gasteiger charge is 2.46. The van der Waals surface area contributed by atoms with Crippen molar-refractivity contribution in [1.29, 1.82) is 0 Å². The smallest absolute Gasteiger partial charge is 0.282 e. The van der Waals surface area contributed by atoms with Gasteiger partial charge in [0.25, 0.3) is 5.92 Å². The topological polar surface area (TPSA) is 39.7 Å². The van der Waals surface area contributed by atoms with Crippen LogP contribution in [0.1, 0.15) is 0 Å². The first-order valence-corrected chi connectivity index (χ1v) is 8.37. The van der Waals surface area contributed by atoms with E-state index in [0.717, 1.165) is 4.90 Å². The van der Waals surface area contributed by atoms with Crippen molar-refractivity contribution >= 4 is 17.4 Å². The first-order valence-electron chi connectivity index (χ1n) is 8.37. The minimum absolute atomic E-state index is 0.111. The summed E-state index contributed by atoms with van der Waals surface area (Å²) in [5, 5.41) is 0. The molecule has 1 amide bonds. The minimum atomic E-state index is -2.81. The van der Waals surface area contributed by atoms with Gasteiger partial charge in [0.05, 0.1) is 18.8 Å². The average molecular weight is 374 g/mol. The molecule has 0 radical (unpaired) electrons. The number of halogens is 3. The molecule has 2 aromatic rings. The number of anilines is 2. The second-order valence-corrected chi connectivity index (χ2v) is 6.74. The summed E-state index contributed by atoms with van der Waals surface area (Å²) in [5.41, 5.74) is 1.97. The molecule has 1 fully saturated rings. The zero-order valence-corrected chi connectivity index (χ0v) is 14.6. The lowest BCUT2D eigenvalue weighted by Gasteiger charge is -2.39. The maximum atomic E-state index is 13.5. The van der Waals surface area contributed by atoms with Gasteiger partial charge in [-0.25, -0.2) is 18.2 Å². The van der Waals surface area contributed by atoms with E-state index < -0.39 is 24.9 Å². The highest BCUT2D eigenvalue weighted by atomic mass is 19.3. The van der Waals surface area contributed by atoms with Gasteiger partial charge in [-0.05, 0) is 23.8 Å². The van der Waals surface area contributed by atoms with Gasteiger partial charge < -0.3 is 14.7 Å². The molecule has 1 saturated heterocycles. The fourth-order valence-electron chi connectivity index (χ4n) is 3.27. The molecule has 5 nitrogen and oxygen atoms in total. The van der Waals surface area contributed by atoms with E-state index in [9.17, 15) is 18.0 Å². The second kappa shape index (κ2) is 6.00. The van der Waals surface area contributed by atoms with Crippen LogP contribution in [0, 0.1) is 5.82 Å². The third-order valence-electron chi connectivity index (χ3n) is 4.80. The van der Waals surface area contributed by atoms with Gasteiger partial charge in [0.2, 0.25) is 5.91 Å². The van der Waals surface area contributed by atoms with Crippen LogP contribution in [0.15, 0.2) is 48.9 Å². The summed E-state index contributed by atoms with van der Waals surface area (Å²) in [5.74, 6) is -2.45. The van der Waals surface area contributed by atoms with E-state index in [0.29, 0.717) is 28.5 Å². The van der Waals surface area contributed by atoms with Gasteiger partial charge in [0.15, 0.2) is 5.82 Å². The molecule has 0 bridgehead atoms. The summed E-state index contributed by atoms with van der Waals surface area (Å²) >= 11 is 0. The van der Waals surface area contributed by atoms with E-state index in [4.69, 9.17) is 0 Å². The van der Waals surface area contributed by atoms with Crippen molar-refractivity contribution in [3.05, 3.63) is 54.7 Å². The van der Waals surface area contributed by atoms with Crippen molar-refractivity contribution in [3.63, 3.8) is 0 Å². The summed E-state index contributed by atoms with van der Waals surface area (Å²) in [6.45, 7) is 2.74. The summed E-state index contributed by atoms with van der Waals surface area (Å²) in [6, 6.07) is 7.91. The predicted octanol–water partition coefficient (Wildman–Crippen LogP) is 3.09. The van der Waals surface area contributed by atoms with Crippen molar-refractivity contribution in [2.24, 2.45) is 0 Å². The number of hydrogen-bond acceptors (Lipinski definition) is 4. The molecule has 0 saturated carbocycles. The molecule has 27 heavy (non-hydrogen) atoms. The largest absolute Gasteiger partial charge is 0.329 e. The quantitative estimate of drug-likeness (QED) is 0.828. The first-order chi connectivity index (χ1) is 12.7. The molecular weight excluding hydrogens is 357 g/mol. The monoisotopic (exact) mass is 374 g/mol. The number of carbonyl (C=O) groups is 1. The number of pyridine rings is 1. The molecule has 0 atom stereocenters. The van der Waals surface area contributed by atoms with Crippen LogP contribution >= 0.6 is 0 Å². The number of nitrogens with zero attached hydrogens (tertiary/aromatic N) is 4. The van der Waals surface area contributed by atoms with Gasteiger partial charge in [-0.15, -0.1) is 0 Å². The molecule has 3 heterocycles. The van der Waals surface area contributed by atoms with Crippen LogP contribution in [0.2, 0.25) is 0 Å². The van der Waals surface area contributed by atoms with Gasteiger partial charge in [0.1, 0.15) is 18.2 Å². The lowest BCUT2D eigenvalue weighted by molar-refractivity contribution is -0.164. The summed E-state index contributed by atoms with van der Waals surface area (Å²) in [7, 11) is 1.76. The molecule has 140 valence electrons. The Bertz CT molecular complexity index is 938. The van der Waals surface area contributed by atoms with E-state index >= 15 is 0 Å². The van der Waals surface area contributed by atoms with E-state index in [2.05, 4.69) is 11.6 Å². The summed E-state index contributed by atoms with van der Waals surface area (Å²) < 4.78 is 39.6. The Balaban J connectivity index is 1.63. The maximum Gasteiger partial charge on any atom is 0.282 e. The molecule has 4 rings (SSSR count). The lowest BCUT2D eigenvalue weighted by atomic mass is 10.1. The SMILES string of the molecule is C=C1N(C)c2ncc(-c3cccc(F)c3)cc2N1CC(=O)N1CC(F)(F)C1. The molecule has 0 spiro atoms. The van der Waals surface area contributed by atoms with Crippen LogP contribution in [0.5, 0.6) is 0 Å². The molecule has 2 aliphatic heterocycles. The lowest BCUT2D eigenvalue weighted by Crippen LogP contribution is -2.60. The second-order valence-electron chi connectivity index (χ2n) is 6.74. The van der Waals surface area contributed by atoms with Gasteiger partial charge >= 0.3 is 0 Å². The third-order valence-corrected chi connectivity index (χ3v) is 4.80. The number of rotatable bonds is 3. The summed E-state index contributed by atoms with van der Waals surface area (Å²) in [4.78, 5) is 21.3. The van der Waals surface area contributed by atoms with Crippen LogP contribution in [0.25, 0.3) is 11.1 Å². The van der Waals surface area contributed by atoms with Crippen molar-refractivity contribution in [2.75, 3.05) is 36.5 Å². The maximum absolute atomic E-state index is 13.5. The molecule has 2 aliphatic rings. The zero-order chi connectivity index (χ0) is 19.3. The van der Waals surface area contributed by atoms with Crippen molar-refractivity contribution in [3.8, 4) is 11.1 Å². The van der Waals surface area contributed by atoms with E-state index in [1.165, 1.54) is 12.1 Å². The van der Waals surface area contributed by atoms with E-state index in [1.807, 2.05) is 0 Å². The molecule has 8 heteroatoms. The fraction of sp³-hybridized carbons (Fsp3) is 0.263. The van der Waals surface area contributed by atoms with E-state index in [-0.39, 0.29) is 12.4 Å². The molecule has 1 aromatic heterocycles. The summed E-state index contributed by atoms with van der Waals surface area (Å²) in [6.07, 6.45) is 1.62. The van der Waals surface area contributed by atoms with Crippen LogP contribution < -0.4 is 9.80 Å². The number of carbonyl (C=O) groups excluding carboxylic acids is 1. The van der Waals surface area contributed by atoms with Gasteiger partial charge in [-0.2, -0.15) is 0 Å². The van der Waals surface area contributed by atoms with Gasteiger partial charge in [-0.1, -0.05) is 18.7 Å². The Morgan fingerprint density at radius 2 is 2.00 bits per heavy atom. The standard InChI is InChI=1S/C19H17F3N4O/c1-12-24(2)18-16(26(12)9-17(27)25-10-19(21,22)11-25)7-14(8-23-18)13-4-3-5-15(20)6-13/h3-8H,1,9-11H2,2H3. The molecule has 0 N–H and O–H groups in total. The molecule has 0 aliphatic carbocycles. The third kappa shape index (κ3) is 3.01. The number of aromatic nitrogens is 1. The zero-order valence-electron chi connectivity index (χ0n) is 14.6. The number of amides is 1. The Kier molecular flexibility index (Phi) is 3.87. The number of likely N-dealkylation sites (tertiary alicyclic amines) is 1. The van der Waals surface area contributed by atoms with E-state index in [1.54, 1.807) is 41.2 Å². The Morgan fingerprint density at radius 1 is 1.26 bits per heavy atom. The normalized spacial score (nSPS) is 17.8. The highest BCUT2D eigenvalue weighted by Crippen LogP contribution is 2.40. The minimum Gasteiger partial charge on any atom is -0.329 e. The number of alkyl halides is 2. The average Bonchev–Trinajstić information content (AvgIpc) is 2.84. The van der Waals surface area contributed by atoms with Crippen LogP contribution in [-0.4, -0.2) is 48.4 Å². The predicted molar refractivity (Wildman–Crippen MR) is 96.0 cm³/mol. The number of hydrogen-bond donors (Lipinski definition) is 0. The van der Waals surface area contributed by atoms with Gasteiger partial charge in [0, 0.05) is 18.8 Å². The van der Waals surface area contributed by atoms with Crippen molar-refractivity contribution in [2.45, 2.75) is 5.92 Å². The fourth-order valence-corrected chi connectivity index (χ4v) is 3.27. The Morgan fingerprint density at radius 3 is 2.67 bits per heavy atom. The first kappa shape index (κ1) is 17.4. The number of benzene rings is 1.